The number of carbonyl (C=O) groups excluding carboxylic acids is 2. The van der Waals surface area contributed by atoms with Crippen LogP contribution >= 0.6 is 11.3 Å². The van der Waals surface area contributed by atoms with Gasteiger partial charge in [-0.15, -0.1) is 11.3 Å². The monoisotopic (exact) mass is 413 g/mol. The number of benzene rings is 1. The van der Waals surface area contributed by atoms with Crippen LogP contribution < -0.4 is 10.9 Å². The topological polar surface area (TPSA) is 90.3 Å². The van der Waals surface area contributed by atoms with Crippen molar-refractivity contribution < 1.29 is 14.3 Å². The molecule has 1 aromatic carbocycles. The molecule has 0 aliphatic heterocycles. The number of hydrogen-bond donors (Lipinski definition) is 1. The number of rotatable bonds is 7. The van der Waals surface area contributed by atoms with E-state index >= 15 is 0 Å². The Labute approximate surface area is 172 Å². The molecule has 0 atom stereocenters. The molecule has 1 N–H and O–H groups in total. The van der Waals surface area contributed by atoms with E-state index < -0.39 is 5.97 Å². The van der Waals surface area contributed by atoms with Crippen molar-refractivity contribution >= 4 is 39.1 Å². The Hall–Kier alpha value is -3.00. The van der Waals surface area contributed by atoms with Gasteiger partial charge in [0.15, 0.2) is 0 Å². The van der Waals surface area contributed by atoms with Crippen LogP contribution in [0.4, 0.5) is 5.69 Å². The minimum absolute atomic E-state index is 0.110. The molecule has 0 radical (unpaired) electrons. The zero-order valence-electron chi connectivity index (χ0n) is 16.7. The molecule has 3 aromatic rings. The number of esters is 1. The molecule has 2 heterocycles. The van der Waals surface area contributed by atoms with E-state index in [1.807, 2.05) is 0 Å². The van der Waals surface area contributed by atoms with E-state index in [1.54, 1.807) is 42.1 Å². The summed E-state index contributed by atoms with van der Waals surface area (Å²) in [5.74, 6) is -0.752. The predicted octanol–water partition coefficient (Wildman–Crippen LogP) is 4.00. The van der Waals surface area contributed by atoms with Crippen molar-refractivity contribution in [3.63, 3.8) is 0 Å². The Morgan fingerprint density at radius 3 is 2.59 bits per heavy atom. The van der Waals surface area contributed by atoms with Gasteiger partial charge in [-0.3, -0.25) is 14.2 Å². The fourth-order valence-electron chi connectivity index (χ4n) is 3.06. The Balaban J connectivity index is 1.84. The third-order valence-corrected chi connectivity index (χ3v) is 5.89. The predicted molar refractivity (Wildman–Crippen MR) is 114 cm³/mol. The van der Waals surface area contributed by atoms with Crippen LogP contribution in [0.25, 0.3) is 10.2 Å². The first-order valence-corrected chi connectivity index (χ1v) is 10.3. The van der Waals surface area contributed by atoms with E-state index in [1.165, 1.54) is 18.4 Å². The summed E-state index contributed by atoms with van der Waals surface area (Å²) >= 11 is 1.20. The molecular weight excluding hydrogens is 390 g/mol. The summed E-state index contributed by atoms with van der Waals surface area (Å²) in [5.41, 5.74) is 1.47. The van der Waals surface area contributed by atoms with E-state index in [0.717, 1.165) is 19.3 Å². The zero-order chi connectivity index (χ0) is 21.0. The smallest absolute Gasteiger partial charge is 0.337 e. The van der Waals surface area contributed by atoms with Gasteiger partial charge >= 0.3 is 5.97 Å². The molecule has 0 unspecified atom stereocenters. The number of anilines is 1. The summed E-state index contributed by atoms with van der Waals surface area (Å²) < 4.78 is 6.28. The average molecular weight is 413 g/mol. The molecule has 3 rings (SSSR count). The molecule has 29 heavy (non-hydrogen) atoms. The van der Waals surface area contributed by atoms with Gasteiger partial charge in [0.25, 0.3) is 11.5 Å². The standard InChI is InChI=1S/C21H23N3O4S/c1-4-5-6-11-24-12-22-19-16(20(24)26)13(2)17(29-19)18(25)23-15-9-7-14(8-10-15)21(27)28-3/h7-10,12H,4-6,11H2,1-3H3,(H,23,25). The molecule has 7 nitrogen and oxygen atoms in total. The van der Waals surface area contributed by atoms with Crippen molar-refractivity contribution in [2.24, 2.45) is 0 Å². The fourth-order valence-corrected chi connectivity index (χ4v) is 4.10. The van der Waals surface area contributed by atoms with Crippen molar-refractivity contribution in [3.05, 3.63) is 57.0 Å². The van der Waals surface area contributed by atoms with Crippen LogP contribution in [-0.2, 0) is 11.3 Å². The Bertz CT molecular complexity index is 1100. The van der Waals surface area contributed by atoms with Crippen LogP contribution in [0.3, 0.4) is 0 Å². The first-order chi connectivity index (χ1) is 14.0. The number of unbranched alkanes of at least 4 members (excludes halogenated alkanes) is 2. The Morgan fingerprint density at radius 1 is 1.21 bits per heavy atom. The van der Waals surface area contributed by atoms with E-state index in [2.05, 4.69) is 22.0 Å². The molecule has 8 heteroatoms. The first-order valence-electron chi connectivity index (χ1n) is 9.44. The third kappa shape index (κ3) is 4.37. The molecule has 2 aromatic heterocycles. The number of amides is 1. The Kier molecular flexibility index (Phi) is 6.43. The molecular formula is C21H23N3O4S. The molecule has 0 saturated carbocycles. The number of hydrogen-bond acceptors (Lipinski definition) is 6. The van der Waals surface area contributed by atoms with Gasteiger partial charge in [-0.2, -0.15) is 0 Å². The second-order valence-electron chi connectivity index (χ2n) is 6.71. The zero-order valence-corrected chi connectivity index (χ0v) is 17.5. The quantitative estimate of drug-likeness (QED) is 0.467. The van der Waals surface area contributed by atoms with Gasteiger partial charge in [-0.1, -0.05) is 19.8 Å². The molecule has 0 bridgehead atoms. The van der Waals surface area contributed by atoms with Gasteiger partial charge in [0.1, 0.15) is 4.83 Å². The van der Waals surface area contributed by atoms with Crippen molar-refractivity contribution in [2.75, 3.05) is 12.4 Å². The van der Waals surface area contributed by atoms with Crippen LogP contribution in [-0.4, -0.2) is 28.5 Å². The normalized spacial score (nSPS) is 10.9. The lowest BCUT2D eigenvalue weighted by molar-refractivity contribution is 0.0600. The second kappa shape index (κ2) is 9.00. The summed E-state index contributed by atoms with van der Waals surface area (Å²) in [4.78, 5) is 42.5. The summed E-state index contributed by atoms with van der Waals surface area (Å²) in [6.45, 7) is 4.51. The van der Waals surface area contributed by atoms with E-state index in [-0.39, 0.29) is 11.5 Å². The molecule has 152 valence electrons. The van der Waals surface area contributed by atoms with Gasteiger partial charge in [0.05, 0.1) is 29.3 Å². The van der Waals surface area contributed by atoms with Crippen molar-refractivity contribution in [3.8, 4) is 0 Å². The molecule has 0 aliphatic rings. The minimum Gasteiger partial charge on any atom is -0.465 e. The van der Waals surface area contributed by atoms with Gasteiger partial charge in [0, 0.05) is 12.2 Å². The molecule has 0 fully saturated rings. The number of fused-ring (bicyclic) bond motifs is 1. The maximum absolute atomic E-state index is 12.8. The van der Waals surface area contributed by atoms with Crippen molar-refractivity contribution in [1.29, 1.82) is 0 Å². The van der Waals surface area contributed by atoms with E-state index in [4.69, 9.17) is 0 Å². The van der Waals surface area contributed by atoms with Crippen LogP contribution in [0.5, 0.6) is 0 Å². The van der Waals surface area contributed by atoms with E-state index in [0.29, 0.717) is 38.5 Å². The SMILES string of the molecule is CCCCCn1cnc2sc(C(=O)Nc3ccc(C(=O)OC)cc3)c(C)c2c1=O. The van der Waals surface area contributed by atoms with Crippen molar-refractivity contribution in [2.45, 2.75) is 39.7 Å². The maximum Gasteiger partial charge on any atom is 0.337 e. The molecule has 1 amide bonds. The Morgan fingerprint density at radius 2 is 1.93 bits per heavy atom. The lowest BCUT2D eigenvalue weighted by Gasteiger charge is -2.06. The highest BCUT2D eigenvalue weighted by Crippen LogP contribution is 2.27. The van der Waals surface area contributed by atoms with Crippen LogP contribution in [0.2, 0.25) is 0 Å². The number of carbonyl (C=O) groups is 2. The van der Waals surface area contributed by atoms with Gasteiger partial charge in [0.2, 0.25) is 0 Å². The lowest BCUT2D eigenvalue weighted by atomic mass is 10.2. The third-order valence-electron chi connectivity index (χ3n) is 4.69. The molecule has 0 saturated heterocycles. The molecule has 0 spiro atoms. The van der Waals surface area contributed by atoms with Gasteiger partial charge in [-0.25, -0.2) is 9.78 Å². The van der Waals surface area contributed by atoms with Gasteiger partial charge in [-0.05, 0) is 43.2 Å². The highest BCUT2D eigenvalue weighted by Gasteiger charge is 2.19. The number of nitrogens with zero attached hydrogens (tertiary/aromatic N) is 2. The highest BCUT2D eigenvalue weighted by atomic mass is 32.1. The van der Waals surface area contributed by atoms with Crippen LogP contribution in [0.15, 0.2) is 35.4 Å². The second-order valence-corrected chi connectivity index (χ2v) is 7.71. The number of methoxy groups -OCH3 is 1. The maximum atomic E-state index is 12.8. The summed E-state index contributed by atoms with van der Waals surface area (Å²) in [6.07, 6.45) is 4.60. The average Bonchev–Trinajstić information content (AvgIpc) is 3.07. The highest BCUT2D eigenvalue weighted by molar-refractivity contribution is 7.20. The number of ether oxygens (including phenoxy) is 1. The van der Waals surface area contributed by atoms with Crippen molar-refractivity contribution in [1.82, 2.24) is 9.55 Å². The number of aryl methyl sites for hydroxylation is 2. The number of aromatic nitrogens is 2. The largest absolute Gasteiger partial charge is 0.465 e. The molecule has 0 aliphatic carbocycles. The number of nitrogens with one attached hydrogen (secondary N) is 1. The minimum atomic E-state index is -0.440. The summed E-state index contributed by atoms with van der Waals surface area (Å²) in [5, 5.41) is 3.30. The summed E-state index contributed by atoms with van der Waals surface area (Å²) in [7, 11) is 1.31. The fraction of sp³-hybridized carbons (Fsp3) is 0.333. The summed E-state index contributed by atoms with van der Waals surface area (Å²) in [6, 6.07) is 6.42. The number of thiophene rings is 1. The van der Waals surface area contributed by atoms with E-state index in [9.17, 15) is 14.4 Å². The van der Waals surface area contributed by atoms with Crippen LogP contribution in [0, 0.1) is 6.92 Å². The lowest BCUT2D eigenvalue weighted by Crippen LogP contribution is -2.20. The first kappa shape index (κ1) is 20.7. The van der Waals surface area contributed by atoms with Gasteiger partial charge < -0.3 is 10.1 Å². The van der Waals surface area contributed by atoms with Crippen LogP contribution in [0.1, 0.15) is 51.8 Å².